The lowest BCUT2D eigenvalue weighted by Crippen LogP contribution is -2.28. The van der Waals surface area contributed by atoms with Crippen molar-refractivity contribution in [2.75, 3.05) is 20.1 Å². The van der Waals surface area contributed by atoms with Gasteiger partial charge in [0.2, 0.25) is 0 Å². The first-order valence-corrected chi connectivity index (χ1v) is 8.38. The molecular formula is C18H19Cl2FN2O. The van der Waals surface area contributed by atoms with E-state index >= 15 is 0 Å². The van der Waals surface area contributed by atoms with Gasteiger partial charge in [-0.1, -0.05) is 53.5 Å². The molecule has 2 aromatic carbocycles. The molecule has 0 spiro atoms. The van der Waals surface area contributed by atoms with Gasteiger partial charge >= 0.3 is 0 Å². The van der Waals surface area contributed by atoms with E-state index in [9.17, 15) is 9.18 Å². The Labute approximate surface area is 151 Å². The molecule has 1 N–H and O–H groups in total. The molecule has 0 fully saturated rings. The summed E-state index contributed by atoms with van der Waals surface area (Å²) in [6, 6.07) is 12.5. The van der Waals surface area contributed by atoms with Crippen molar-refractivity contribution in [1.82, 2.24) is 10.2 Å². The van der Waals surface area contributed by atoms with E-state index in [1.165, 1.54) is 11.6 Å². The average molecular weight is 369 g/mol. The first kappa shape index (κ1) is 18.7. The highest BCUT2D eigenvalue weighted by molar-refractivity contribution is 6.36. The Morgan fingerprint density at radius 3 is 2.58 bits per heavy atom. The van der Waals surface area contributed by atoms with Crippen LogP contribution in [0.2, 0.25) is 10.0 Å². The van der Waals surface area contributed by atoms with Gasteiger partial charge in [0, 0.05) is 13.1 Å². The number of nitrogens with zero attached hydrogens (tertiary/aromatic N) is 1. The summed E-state index contributed by atoms with van der Waals surface area (Å²) >= 11 is 11.6. The number of benzene rings is 2. The summed E-state index contributed by atoms with van der Waals surface area (Å²) < 4.78 is 13.4. The van der Waals surface area contributed by atoms with Crippen molar-refractivity contribution in [3.05, 3.63) is 69.5 Å². The number of hydrogen-bond donors (Lipinski definition) is 1. The standard InChI is InChI=1S/C18H19Cl2FN2O/c1-23(12-13-6-3-2-4-7-13)9-5-8-22-18(24)14-10-17(21)16(20)11-15(14)19/h2-4,6-7,10-11H,5,8-9,12H2,1H3,(H,22,24). The summed E-state index contributed by atoms with van der Waals surface area (Å²) in [6.45, 7) is 2.17. The maximum Gasteiger partial charge on any atom is 0.252 e. The summed E-state index contributed by atoms with van der Waals surface area (Å²) in [5.74, 6) is -1.06. The van der Waals surface area contributed by atoms with Crippen molar-refractivity contribution < 1.29 is 9.18 Å². The lowest BCUT2D eigenvalue weighted by Gasteiger charge is -2.16. The van der Waals surface area contributed by atoms with Crippen LogP contribution in [0.4, 0.5) is 4.39 Å². The number of amides is 1. The van der Waals surface area contributed by atoms with E-state index in [2.05, 4.69) is 22.3 Å². The third-order valence-corrected chi connectivity index (χ3v) is 4.15. The zero-order valence-electron chi connectivity index (χ0n) is 13.4. The van der Waals surface area contributed by atoms with Crippen molar-refractivity contribution in [2.24, 2.45) is 0 Å². The molecule has 0 bridgehead atoms. The summed E-state index contributed by atoms with van der Waals surface area (Å²) in [6.07, 6.45) is 0.781. The van der Waals surface area contributed by atoms with Crippen LogP contribution >= 0.6 is 23.2 Å². The topological polar surface area (TPSA) is 32.3 Å². The second kappa shape index (κ2) is 9.02. The number of nitrogens with one attached hydrogen (secondary N) is 1. The molecule has 0 aliphatic rings. The molecule has 128 valence electrons. The van der Waals surface area contributed by atoms with Gasteiger partial charge in [0.15, 0.2) is 0 Å². The highest BCUT2D eigenvalue weighted by atomic mass is 35.5. The monoisotopic (exact) mass is 368 g/mol. The van der Waals surface area contributed by atoms with Crippen molar-refractivity contribution in [1.29, 1.82) is 0 Å². The van der Waals surface area contributed by atoms with Crippen LogP contribution in [0.25, 0.3) is 0 Å². The summed E-state index contributed by atoms with van der Waals surface area (Å²) in [7, 11) is 2.03. The van der Waals surface area contributed by atoms with Crippen molar-refractivity contribution in [3.63, 3.8) is 0 Å². The van der Waals surface area contributed by atoms with Crippen LogP contribution in [0.3, 0.4) is 0 Å². The lowest BCUT2D eigenvalue weighted by atomic mass is 10.2. The van der Waals surface area contributed by atoms with Crippen LogP contribution in [0.5, 0.6) is 0 Å². The third-order valence-electron chi connectivity index (χ3n) is 3.55. The molecule has 0 atom stereocenters. The first-order chi connectivity index (χ1) is 11.5. The SMILES string of the molecule is CN(CCCNC(=O)c1cc(F)c(Cl)cc1Cl)Cc1ccccc1. The van der Waals surface area contributed by atoms with Crippen molar-refractivity contribution in [3.8, 4) is 0 Å². The van der Waals surface area contributed by atoms with Crippen LogP contribution < -0.4 is 5.32 Å². The summed E-state index contributed by atoms with van der Waals surface area (Å²) in [5, 5.41) is 2.79. The molecule has 0 unspecified atom stereocenters. The number of halogens is 3. The Morgan fingerprint density at radius 1 is 1.17 bits per heavy atom. The molecule has 2 rings (SSSR count). The van der Waals surface area contributed by atoms with Crippen LogP contribution in [0.15, 0.2) is 42.5 Å². The molecule has 0 saturated carbocycles. The molecule has 1 amide bonds. The van der Waals surface area contributed by atoms with Gasteiger partial charge in [0.25, 0.3) is 5.91 Å². The molecule has 0 aliphatic heterocycles. The molecule has 2 aromatic rings. The number of rotatable bonds is 7. The van der Waals surface area contributed by atoms with Crippen LogP contribution in [0.1, 0.15) is 22.3 Å². The minimum absolute atomic E-state index is 0.0937. The number of hydrogen-bond acceptors (Lipinski definition) is 2. The largest absolute Gasteiger partial charge is 0.352 e. The Morgan fingerprint density at radius 2 is 1.88 bits per heavy atom. The van der Waals surface area contributed by atoms with Gasteiger partial charge < -0.3 is 10.2 Å². The molecule has 0 aliphatic carbocycles. The van der Waals surface area contributed by atoms with Gasteiger partial charge in [-0.05, 0) is 37.7 Å². The normalized spacial score (nSPS) is 10.9. The van der Waals surface area contributed by atoms with Crippen molar-refractivity contribution in [2.45, 2.75) is 13.0 Å². The molecule has 3 nitrogen and oxygen atoms in total. The van der Waals surface area contributed by atoms with Gasteiger partial charge in [-0.2, -0.15) is 0 Å². The van der Waals surface area contributed by atoms with E-state index in [1.807, 2.05) is 25.2 Å². The van der Waals surface area contributed by atoms with Gasteiger partial charge in [0.05, 0.1) is 15.6 Å². The smallest absolute Gasteiger partial charge is 0.252 e. The fraction of sp³-hybridized carbons (Fsp3) is 0.278. The van der Waals surface area contributed by atoms with Crippen molar-refractivity contribution >= 4 is 29.1 Å². The molecule has 0 saturated heterocycles. The molecule has 6 heteroatoms. The summed E-state index contributed by atoms with van der Waals surface area (Å²) in [5.41, 5.74) is 1.34. The molecule has 24 heavy (non-hydrogen) atoms. The fourth-order valence-electron chi connectivity index (χ4n) is 2.32. The Hall–Kier alpha value is -1.62. The van der Waals surface area contributed by atoms with E-state index in [0.717, 1.165) is 25.6 Å². The zero-order valence-corrected chi connectivity index (χ0v) is 14.9. The Bertz CT molecular complexity index is 695. The van der Waals surface area contributed by atoms with Gasteiger partial charge in [-0.15, -0.1) is 0 Å². The van der Waals surface area contributed by atoms with E-state index in [4.69, 9.17) is 23.2 Å². The first-order valence-electron chi connectivity index (χ1n) is 7.62. The van der Waals surface area contributed by atoms with E-state index in [-0.39, 0.29) is 15.6 Å². The Kier molecular flexibility index (Phi) is 7.03. The highest BCUT2D eigenvalue weighted by Crippen LogP contribution is 2.24. The molecular weight excluding hydrogens is 350 g/mol. The van der Waals surface area contributed by atoms with E-state index in [0.29, 0.717) is 6.54 Å². The van der Waals surface area contributed by atoms with Gasteiger partial charge in [-0.25, -0.2) is 4.39 Å². The maximum atomic E-state index is 13.4. The molecule has 0 heterocycles. The fourth-order valence-corrected chi connectivity index (χ4v) is 2.79. The quantitative estimate of drug-likeness (QED) is 0.580. The number of carbonyl (C=O) groups excluding carboxylic acids is 1. The molecule has 0 aromatic heterocycles. The average Bonchev–Trinajstić information content (AvgIpc) is 2.55. The predicted molar refractivity (Wildman–Crippen MR) is 96.1 cm³/mol. The third kappa shape index (κ3) is 5.48. The number of carbonyl (C=O) groups is 1. The van der Waals surface area contributed by atoms with E-state index < -0.39 is 11.7 Å². The Balaban J connectivity index is 1.76. The maximum absolute atomic E-state index is 13.4. The molecule has 0 radical (unpaired) electrons. The van der Waals surface area contributed by atoms with Gasteiger partial charge in [-0.3, -0.25) is 4.79 Å². The van der Waals surface area contributed by atoms with Crippen LogP contribution in [-0.4, -0.2) is 30.9 Å². The second-order valence-electron chi connectivity index (χ2n) is 5.58. The summed E-state index contributed by atoms with van der Waals surface area (Å²) in [4.78, 5) is 14.2. The van der Waals surface area contributed by atoms with Crippen LogP contribution in [-0.2, 0) is 6.54 Å². The van der Waals surface area contributed by atoms with E-state index in [1.54, 1.807) is 0 Å². The minimum atomic E-state index is -0.659. The predicted octanol–water partition coefficient (Wildman–Crippen LogP) is 4.38. The van der Waals surface area contributed by atoms with Gasteiger partial charge in [0.1, 0.15) is 5.82 Å². The second-order valence-corrected chi connectivity index (χ2v) is 6.39. The lowest BCUT2D eigenvalue weighted by molar-refractivity contribution is 0.0951. The zero-order chi connectivity index (χ0) is 17.5. The minimum Gasteiger partial charge on any atom is -0.352 e. The van der Waals surface area contributed by atoms with Crippen LogP contribution in [0, 0.1) is 5.82 Å². The highest BCUT2D eigenvalue weighted by Gasteiger charge is 2.13.